The van der Waals surface area contributed by atoms with E-state index in [1.165, 1.54) is 17.0 Å². The van der Waals surface area contributed by atoms with Gasteiger partial charge in [-0.15, -0.1) is 0 Å². The molecule has 0 spiro atoms. The van der Waals surface area contributed by atoms with E-state index < -0.39 is 133 Å². The van der Waals surface area contributed by atoms with E-state index in [9.17, 15) is 55.0 Å². The van der Waals surface area contributed by atoms with Crippen LogP contribution in [0.25, 0.3) is 11.1 Å². The number of halogens is 9. The third-order valence-corrected chi connectivity index (χ3v) is 15.8. The predicted octanol–water partition coefficient (Wildman–Crippen LogP) is 8.41. The van der Waals surface area contributed by atoms with Crippen LogP contribution in [0.3, 0.4) is 0 Å². The van der Waals surface area contributed by atoms with Crippen molar-refractivity contribution in [3.8, 4) is 23.0 Å². The van der Waals surface area contributed by atoms with E-state index in [1.54, 1.807) is 30.5 Å². The molecule has 438 valence electrons. The molecule has 2 bridgehead atoms. The Morgan fingerprint density at radius 2 is 1.40 bits per heavy atom. The van der Waals surface area contributed by atoms with Gasteiger partial charge in [0.15, 0.2) is 5.78 Å². The molecule has 3 aromatic carbocycles. The van der Waals surface area contributed by atoms with Crippen LogP contribution in [0.4, 0.5) is 50.1 Å². The minimum atomic E-state index is -5.07. The predicted molar refractivity (Wildman–Crippen MR) is 279 cm³/mol. The third kappa shape index (κ3) is 14.9. The van der Waals surface area contributed by atoms with E-state index >= 15 is 8.78 Å². The lowest BCUT2D eigenvalue weighted by atomic mass is 9.75. The van der Waals surface area contributed by atoms with Crippen LogP contribution in [-0.4, -0.2) is 147 Å². The number of piperazine rings is 1. The minimum absolute atomic E-state index is 0.0530. The molecule has 4 aromatic rings. The van der Waals surface area contributed by atoms with Gasteiger partial charge in [0.1, 0.15) is 29.3 Å². The van der Waals surface area contributed by atoms with Crippen LogP contribution < -0.4 is 15.5 Å². The second-order valence-electron chi connectivity index (χ2n) is 21.9. The maximum Gasteiger partial charge on any atom is 0.407 e. The molecule has 4 fully saturated rings. The number of methoxy groups -OCH3 is 2. The molecule has 5 heterocycles. The number of carbonyl (C=O) groups is 4. The number of amides is 2. The number of piperidine rings is 1. The number of hydrogen-bond donors (Lipinski definition) is 3. The standard InChI is InChI=1S/C58H65F9N6O8/c1-55(2,57(62,63)64)45(26-51(76)79-5)53(77)69-33-71(20-19-44-46(60)22-38(23-47(44)61)37-14-16-40(59)17-15-37)30-49(75)39(24-48(74)52(70-54(78)80-6)56(3,4)58(65,66)67)21-35-10-7-34(8-11-35)9-12-36-13-18-50(68-27-36)72-28-41-25-42(29-72)73(41)43-31-81-32-43/h7-8,10-11,13-18,22-23,27,39,41-43,45,49,52,75H,19-21,24-26,28-33H2,1-6H3,(H,69,77)(H,70,78)/t39-,41?,42?,45-,49+,52-/m1/s1. The first-order valence-corrected chi connectivity index (χ1v) is 26.3. The summed E-state index contributed by atoms with van der Waals surface area (Å²) in [6, 6.07) is 16.2. The van der Waals surface area contributed by atoms with E-state index in [2.05, 4.69) is 41.4 Å². The fourth-order valence-corrected chi connectivity index (χ4v) is 10.4. The summed E-state index contributed by atoms with van der Waals surface area (Å²) in [6.07, 6.45) is -12.9. The Morgan fingerprint density at radius 1 is 0.790 bits per heavy atom. The lowest BCUT2D eigenvalue weighted by Crippen LogP contribution is -2.74. The maximum absolute atomic E-state index is 15.8. The molecule has 2 unspecified atom stereocenters. The normalized spacial score (nSPS) is 18.3. The average molecular weight is 1150 g/mol. The SMILES string of the molecule is COC(=O)C[C@H](C(=O)NCN(CCc1c(F)cc(-c2ccc(F)cc2)cc1F)C[C@H](O)[C@@H](CC(=O)[C@@H](NC(=O)OC)C(C)(C)C(F)(F)F)Cc1ccc(C#Cc2ccc(N3CC4CC(C3)N4C3COC3)nc2)cc1)C(C)(C)C(F)(F)F. The van der Waals surface area contributed by atoms with Crippen molar-refractivity contribution in [3.05, 3.63) is 119 Å². The molecule has 4 saturated heterocycles. The van der Waals surface area contributed by atoms with Gasteiger partial charge >= 0.3 is 24.4 Å². The number of Topliss-reactive ketones (excluding diaryl/α,β-unsaturated/α-hetero) is 1. The number of benzene rings is 3. The molecule has 14 nitrogen and oxygen atoms in total. The van der Waals surface area contributed by atoms with Crippen LogP contribution in [0.5, 0.6) is 0 Å². The highest BCUT2D eigenvalue weighted by Gasteiger charge is 2.57. The number of ether oxygens (including phenoxy) is 3. The molecular weight excluding hydrogens is 1080 g/mol. The summed E-state index contributed by atoms with van der Waals surface area (Å²) in [5.41, 5.74) is -4.26. The number of hydrogen-bond acceptors (Lipinski definition) is 12. The van der Waals surface area contributed by atoms with E-state index in [-0.39, 0.29) is 17.5 Å². The molecule has 6 atom stereocenters. The van der Waals surface area contributed by atoms with Gasteiger partial charge in [-0.05, 0) is 104 Å². The van der Waals surface area contributed by atoms with Crippen molar-refractivity contribution in [3.63, 3.8) is 0 Å². The second kappa shape index (κ2) is 25.6. The van der Waals surface area contributed by atoms with Crippen molar-refractivity contribution in [1.82, 2.24) is 25.4 Å². The fourth-order valence-electron chi connectivity index (χ4n) is 10.4. The number of ketones is 1. The van der Waals surface area contributed by atoms with Crippen molar-refractivity contribution < 1.29 is 78.0 Å². The van der Waals surface area contributed by atoms with Gasteiger partial charge in [0.05, 0.1) is 69.4 Å². The molecule has 81 heavy (non-hydrogen) atoms. The van der Waals surface area contributed by atoms with Crippen LogP contribution in [0.2, 0.25) is 0 Å². The number of alkyl carbamates (subject to hydrolysis) is 1. The number of aliphatic hydroxyl groups excluding tert-OH is 1. The Kier molecular flexibility index (Phi) is 19.5. The van der Waals surface area contributed by atoms with Crippen molar-refractivity contribution in [2.24, 2.45) is 22.7 Å². The molecule has 0 radical (unpaired) electrons. The number of anilines is 1. The number of nitrogens with zero attached hydrogens (tertiary/aromatic N) is 4. The highest BCUT2D eigenvalue weighted by molar-refractivity contribution is 5.88. The Bertz CT molecular complexity index is 2890. The van der Waals surface area contributed by atoms with Gasteiger partial charge in [0.2, 0.25) is 5.91 Å². The highest BCUT2D eigenvalue weighted by atomic mass is 19.4. The number of nitrogens with one attached hydrogen (secondary N) is 2. The second-order valence-corrected chi connectivity index (χ2v) is 21.9. The molecule has 23 heteroatoms. The maximum atomic E-state index is 15.8. The summed E-state index contributed by atoms with van der Waals surface area (Å²) in [7, 11) is 1.80. The number of esters is 1. The number of aromatic nitrogens is 1. The highest BCUT2D eigenvalue weighted by Crippen LogP contribution is 2.46. The summed E-state index contributed by atoms with van der Waals surface area (Å²) in [5, 5.41) is 16.5. The van der Waals surface area contributed by atoms with Crippen LogP contribution in [-0.2, 0) is 41.4 Å². The molecule has 0 saturated carbocycles. The number of alkyl halides is 6. The number of pyridine rings is 1. The molecular formula is C58H65F9N6O8. The summed E-state index contributed by atoms with van der Waals surface area (Å²) in [4.78, 5) is 63.5. The van der Waals surface area contributed by atoms with Crippen LogP contribution in [0, 0.1) is 52.0 Å². The van der Waals surface area contributed by atoms with Gasteiger partial charge in [-0.3, -0.25) is 24.2 Å². The molecule has 4 aliphatic rings. The van der Waals surface area contributed by atoms with Crippen molar-refractivity contribution in [1.29, 1.82) is 0 Å². The van der Waals surface area contributed by atoms with Crippen molar-refractivity contribution in [2.75, 3.05) is 65.2 Å². The van der Waals surface area contributed by atoms with Crippen LogP contribution in [0.15, 0.2) is 79.0 Å². The smallest absolute Gasteiger partial charge is 0.407 e. The van der Waals surface area contributed by atoms with E-state index in [4.69, 9.17) is 4.74 Å². The fraction of sp³-hybridized carbons (Fsp3) is 0.500. The Balaban J connectivity index is 1.14. The van der Waals surface area contributed by atoms with Gasteiger partial charge in [0.25, 0.3) is 0 Å². The Labute approximate surface area is 463 Å². The number of rotatable bonds is 22. The van der Waals surface area contributed by atoms with Crippen molar-refractivity contribution >= 4 is 29.6 Å². The van der Waals surface area contributed by atoms with Gasteiger partial charge < -0.3 is 34.9 Å². The lowest BCUT2D eigenvalue weighted by Gasteiger charge is -2.60. The quantitative estimate of drug-likeness (QED) is 0.0299. The zero-order valence-electron chi connectivity index (χ0n) is 45.5. The van der Waals surface area contributed by atoms with E-state index in [0.29, 0.717) is 62.5 Å². The zero-order valence-corrected chi connectivity index (χ0v) is 45.5. The molecule has 3 N–H and O–H groups in total. The zero-order chi connectivity index (χ0) is 59.2. The van der Waals surface area contributed by atoms with Crippen molar-refractivity contribution in [2.45, 2.75) is 102 Å². The van der Waals surface area contributed by atoms with Crippen LogP contribution >= 0.6 is 0 Å². The lowest BCUT2D eigenvalue weighted by molar-refractivity contribution is -0.230. The largest absolute Gasteiger partial charge is 0.469 e. The van der Waals surface area contributed by atoms with E-state index in [0.717, 1.165) is 77.0 Å². The third-order valence-electron chi connectivity index (χ3n) is 15.8. The molecule has 0 aliphatic carbocycles. The number of aliphatic hydroxyl groups is 1. The monoisotopic (exact) mass is 1140 g/mol. The first kappa shape index (κ1) is 61.9. The average Bonchev–Trinajstić information content (AvgIpc) is 3.47. The van der Waals surface area contributed by atoms with Gasteiger partial charge in [-0.1, -0.05) is 50.0 Å². The molecule has 4 aliphatic heterocycles. The molecule has 2 amide bonds. The summed E-state index contributed by atoms with van der Waals surface area (Å²) >= 11 is 0. The van der Waals surface area contributed by atoms with Gasteiger partial charge in [-0.2, -0.15) is 26.3 Å². The van der Waals surface area contributed by atoms with Gasteiger partial charge in [0, 0.05) is 67.6 Å². The van der Waals surface area contributed by atoms with Crippen LogP contribution in [0.1, 0.15) is 69.2 Å². The first-order chi connectivity index (χ1) is 38.1. The van der Waals surface area contributed by atoms with Gasteiger partial charge in [-0.25, -0.2) is 22.9 Å². The summed E-state index contributed by atoms with van der Waals surface area (Å²) in [5.74, 6) is -2.72. The summed E-state index contributed by atoms with van der Waals surface area (Å²) in [6.45, 7) is 4.26. The number of fused-ring (bicyclic) bond motifs is 2. The number of carbonyl (C=O) groups excluding carboxylic acids is 4. The summed E-state index contributed by atoms with van der Waals surface area (Å²) < 4.78 is 147. The minimum Gasteiger partial charge on any atom is -0.469 e. The Hall–Kier alpha value is -6.74. The van der Waals surface area contributed by atoms with E-state index in [1.807, 2.05) is 17.4 Å². The molecule has 8 rings (SSSR count). The molecule has 1 aromatic heterocycles. The topological polar surface area (TPSA) is 163 Å². The first-order valence-electron chi connectivity index (χ1n) is 26.3. The Morgan fingerprint density at radius 3 is 1.94 bits per heavy atom.